The van der Waals surface area contributed by atoms with Crippen molar-refractivity contribution in [2.24, 2.45) is 0 Å². The third-order valence-electron chi connectivity index (χ3n) is 2.36. The summed E-state index contributed by atoms with van der Waals surface area (Å²) < 4.78 is 43.7. The van der Waals surface area contributed by atoms with Crippen LogP contribution in [-0.4, -0.2) is 25.9 Å². The number of benzene rings is 1. The van der Waals surface area contributed by atoms with Crippen LogP contribution in [0.2, 0.25) is 0 Å². The molecule has 0 aliphatic heterocycles. The van der Waals surface area contributed by atoms with E-state index < -0.39 is 18.2 Å². The Bertz CT molecular complexity index is 435. The summed E-state index contributed by atoms with van der Waals surface area (Å²) in [7, 11) is 1.41. The summed E-state index contributed by atoms with van der Waals surface area (Å²) in [4.78, 5) is 15.8. The average Bonchev–Trinajstić information content (AvgIpc) is 2.41. The fourth-order valence-electron chi connectivity index (χ4n) is 1.45. The molecule has 2 N–H and O–H groups in total. The maximum Gasteiger partial charge on any atom is 0.412 e. The molecule has 0 aliphatic rings. The van der Waals surface area contributed by atoms with E-state index in [0.29, 0.717) is 5.75 Å². The van der Waals surface area contributed by atoms with Crippen LogP contribution in [0.5, 0.6) is 5.75 Å². The number of halogens is 3. The average molecular weight is 292 g/mol. The predicted molar refractivity (Wildman–Crippen MR) is 65.1 cm³/mol. The third-order valence-corrected chi connectivity index (χ3v) is 2.36. The lowest BCUT2D eigenvalue weighted by Crippen LogP contribution is -2.43. The van der Waals surface area contributed by atoms with Gasteiger partial charge in [0.2, 0.25) is 0 Å². The van der Waals surface area contributed by atoms with Gasteiger partial charge >= 0.3 is 12.2 Å². The number of hydroxylamine groups is 1. The van der Waals surface area contributed by atoms with Crippen LogP contribution < -0.4 is 15.5 Å². The minimum atomic E-state index is -4.63. The molecular formula is C12H15F3N2O3. The van der Waals surface area contributed by atoms with Gasteiger partial charge in [0.15, 0.2) is 6.04 Å². The van der Waals surface area contributed by atoms with E-state index in [9.17, 15) is 18.0 Å². The van der Waals surface area contributed by atoms with Crippen molar-refractivity contribution in [3.8, 4) is 5.75 Å². The van der Waals surface area contributed by atoms with Crippen molar-refractivity contribution in [1.82, 2.24) is 10.8 Å². The van der Waals surface area contributed by atoms with Crippen molar-refractivity contribution in [2.45, 2.75) is 19.1 Å². The molecule has 1 unspecified atom stereocenters. The molecule has 20 heavy (non-hydrogen) atoms. The molecule has 1 aromatic carbocycles. The second-order valence-electron chi connectivity index (χ2n) is 3.76. The summed E-state index contributed by atoms with van der Waals surface area (Å²) in [6.07, 6.45) is -4.63. The first kappa shape index (κ1) is 16.1. The van der Waals surface area contributed by atoms with E-state index in [1.165, 1.54) is 31.4 Å². The molecule has 8 heteroatoms. The van der Waals surface area contributed by atoms with E-state index >= 15 is 0 Å². The molecule has 0 saturated heterocycles. The summed E-state index contributed by atoms with van der Waals surface area (Å²) >= 11 is 0. The normalized spacial score (nSPS) is 12.7. The number of alkyl halides is 3. The van der Waals surface area contributed by atoms with Gasteiger partial charge in [0.05, 0.1) is 13.7 Å². The number of urea groups is 1. The molecule has 5 nitrogen and oxygen atoms in total. The largest absolute Gasteiger partial charge is 0.497 e. The van der Waals surface area contributed by atoms with Crippen LogP contribution in [0.15, 0.2) is 24.3 Å². The summed E-state index contributed by atoms with van der Waals surface area (Å²) in [5.41, 5.74) is 1.75. The zero-order valence-corrected chi connectivity index (χ0v) is 11.0. The van der Waals surface area contributed by atoms with E-state index in [4.69, 9.17) is 4.74 Å². The number of hydrogen-bond donors (Lipinski definition) is 2. The molecule has 1 atom stereocenters. The van der Waals surface area contributed by atoms with Crippen LogP contribution in [0.25, 0.3) is 0 Å². The van der Waals surface area contributed by atoms with Crippen LogP contribution >= 0.6 is 0 Å². The minimum absolute atomic E-state index is 0.107. The highest BCUT2D eigenvalue weighted by molar-refractivity contribution is 5.73. The second-order valence-corrected chi connectivity index (χ2v) is 3.76. The standard InChI is InChI=1S/C12H15F3N2O3/c1-3-20-17-11(18)16-10(12(13,14)15)8-4-6-9(19-2)7-5-8/h4-7,10H,3H2,1-2H3,(H2,16,17,18). The zero-order chi connectivity index (χ0) is 15.2. The van der Waals surface area contributed by atoms with Crippen molar-refractivity contribution in [1.29, 1.82) is 0 Å². The van der Waals surface area contributed by atoms with Crippen LogP contribution in [0.4, 0.5) is 18.0 Å². The Morgan fingerprint density at radius 2 is 1.90 bits per heavy atom. The lowest BCUT2D eigenvalue weighted by Gasteiger charge is -2.22. The van der Waals surface area contributed by atoms with Gasteiger partial charge in [0.25, 0.3) is 0 Å². The van der Waals surface area contributed by atoms with Gasteiger partial charge in [-0.2, -0.15) is 13.2 Å². The number of methoxy groups -OCH3 is 1. The number of carbonyl (C=O) groups is 1. The lowest BCUT2D eigenvalue weighted by atomic mass is 10.1. The third kappa shape index (κ3) is 4.61. The number of carbonyl (C=O) groups excluding carboxylic acids is 1. The molecule has 0 bridgehead atoms. The molecule has 2 amide bonds. The van der Waals surface area contributed by atoms with Crippen molar-refractivity contribution in [2.75, 3.05) is 13.7 Å². The van der Waals surface area contributed by atoms with Crippen LogP contribution in [0, 0.1) is 0 Å². The first-order chi connectivity index (χ1) is 9.38. The Kier molecular flexibility index (Phi) is 5.63. The predicted octanol–water partition coefficient (Wildman–Crippen LogP) is 2.55. The first-order valence-electron chi connectivity index (χ1n) is 5.77. The van der Waals surface area contributed by atoms with Gasteiger partial charge in [-0.05, 0) is 24.6 Å². The monoisotopic (exact) mass is 292 g/mol. The van der Waals surface area contributed by atoms with E-state index in [1.807, 2.05) is 5.48 Å². The fraction of sp³-hybridized carbons (Fsp3) is 0.417. The van der Waals surface area contributed by atoms with E-state index in [2.05, 4.69) is 4.84 Å². The quantitative estimate of drug-likeness (QED) is 0.820. The Morgan fingerprint density at radius 3 is 2.35 bits per heavy atom. The van der Waals surface area contributed by atoms with Crippen molar-refractivity contribution in [3.63, 3.8) is 0 Å². The van der Waals surface area contributed by atoms with Crippen molar-refractivity contribution < 1.29 is 27.5 Å². The Labute approximate surface area is 114 Å². The zero-order valence-electron chi connectivity index (χ0n) is 11.0. The topological polar surface area (TPSA) is 59.6 Å². The van der Waals surface area contributed by atoms with Crippen molar-refractivity contribution in [3.05, 3.63) is 29.8 Å². The maximum atomic E-state index is 13.0. The minimum Gasteiger partial charge on any atom is -0.497 e. The fourth-order valence-corrected chi connectivity index (χ4v) is 1.45. The lowest BCUT2D eigenvalue weighted by molar-refractivity contribution is -0.155. The molecule has 1 rings (SSSR count). The molecule has 0 fully saturated rings. The second kappa shape index (κ2) is 6.99. The molecule has 0 radical (unpaired) electrons. The number of ether oxygens (including phenoxy) is 1. The Morgan fingerprint density at radius 1 is 1.30 bits per heavy atom. The van der Waals surface area contributed by atoms with E-state index in [0.717, 1.165) is 0 Å². The summed E-state index contributed by atoms with van der Waals surface area (Å²) in [6, 6.07) is 2.04. The van der Waals surface area contributed by atoms with Gasteiger partial charge in [0.1, 0.15) is 5.75 Å². The highest BCUT2D eigenvalue weighted by Crippen LogP contribution is 2.33. The number of rotatable bonds is 5. The molecule has 0 heterocycles. The van der Waals surface area contributed by atoms with Gasteiger partial charge in [-0.1, -0.05) is 12.1 Å². The molecule has 0 saturated carbocycles. The highest BCUT2D eigenvalue weighted by Gasteiger charge is 2.42. The molecule has 0 aliphatic carbocycles. The van der Waals surface area contributed by atoms with Crippen LogP contribution in [0.3, 0.4) is 0 Å². The van der Waals surface area contributed by atoms with Gasteiger partial charge in [0, 0.05) is 0 Å². The number of amides is 2. The van der Waals surface area contributed by atoms with Gasteiger partial charge in [-0.3, -0.25) is 4.84 Å². The summed E-state index contributed by atoms with van der Waals surface area (Å²) in [6.45, 7) is 1.73. The van der Waals surface area contributed by atoms with Crippen molar-refractivity contribution >= 4 is 6.03 Å². The Hall–Kier alpha value is -1.96. The maximum absolute atomic E-state index is 13.0. The van der Waals surface area contributed by atoms with E-state index in [1.54, 1.807) is 12.2 Å². The van der Waals surface area contributed by atoms with Gasteiger partial charge < -0.3 is 10.1 Å². The molecule has 0 aromatic heterocycles. The van der Waals surface area contributed by atoms with Gasteiger partial charge in [-0.15, -0.1) is 0 Å². The molecule has 1 aromatic rings. The molecule has 0 spiro atoms. The summed E-state index contributed by atoms with van der Waals surface area (Å²) in [5.74, 6) is 0.424. The molecule has 112 valence electrons. The first-order valence-corrected chi connectivity index (χ1v) is 5.77. The smallest absolute Gasteiger partial charge is 0.412 e. The summed E-state index contributed by atoms with van der Waals surface area (Å²) in [5, 5.41) is 1.80. The Balaban J connectivity index is 2.86. The highest BCUT2D eigenvalue weighted by atomic mass is 19.4. The number of hydrogen-bond acceptors (Lipinski definition) is 3. The van der Waals surface area contributed by atoms with Crippen LogP contribution in [-0.2, 0) is 4.84 Å². The molecular weight excluding hydrogens is 277 g/mol. The number of nitrogens with one attached hydrogen (secondary N) is 2. The van der Waals surface area contributed by atoms with Crippen LogP contribution in [0.1, 0.15) is 18.5 Å². The van der Waals surface area contributed by atoms with E-state index in [-0.39, 0.29) is 12.2 Å². The van der Waals surface area contributed by atoms with Gasteiger partial charge in [-0.25, -0.2) is 10.3 Å². The SMILES string of the molecule is CCONC(=O)NC(c1ccc(OC)cc1)C(F)(F)F.